The molecule has 0 unspecified atom stereocenters. The van der Waals surface area contributed by atoms with Gasteiger partial charge in [0.15, 0.2) is 0 Å². The molecule has 0 aliphatic heterocycles. The van der Waals surface area contributed by atoms with E-state index in [-0.39, 0.29) is 12.1 Å². The van der Waals surface area contributed by atoms with E-state index < -0.39 is 7.59 Å². The van der Waals surface area contributed by atoms with E-state index in [4.69, 9.17) is 10.5 Å². The first-order chi connectivity index (χ1) is 8.89. The highest BCUT2D eigenvalue weighted by atomic mass is 31.2. The molecule has 0 aliphatic carbocycles. The molecule has 108 valence electrons. The van der Waals surface area contributed by atoms with Crippen LogP contribution in [0, 0.1) is 22.7 Å². The Labute approximate surface area is 116 Å². The lowest BCUT2D eigenvalue weighted by Crippen LogP contribution is -2.43. The Morgan fingerprint density at radius 1 is 1.00 bits per heavy atom. The van der Waals surface area contributed by atoms with Crippen molar-refractivity contribution in [3.05, 3.63) is 0 Å². The van der Waals surface area contributed by atoms with Crippen LogP contribution in [-0.4, -0.2) is 29.8 Å². The van der Waals surface area contributed by atoms with E-state index in [1.807, 2.05) is 44.5 Å². The molecule has 0 saturated heterocycles. The standard InChI is InChI=1S/C12H24N5OP/c1-11(2)17(12(3)4)19(18,15-9-5-7-13)16-10-6-8-14/h11-12H,5-6,9-10H2,1-4H3,(H2,15,16,18). The first kappa shape index (κ1) is 18.1. The maximum atomic E-state index is 13.0. The molecule has 0 aromatic heterocycles. The molecule has 0 spiro atoms. The van der Waals surface area contributed by atoms with Crippen LogP contribution in [0.5, 0.6) is 0 Å². The zero-order valence-corrected chi connectivity index (χ0v) is 13.1. The molecule has 0 saturated carbocycles. The Kier molecular flexibility index (Phi) is 8.63. The van der Waals surface area contributed by atoms with Crippen molar-refractivity contribution in [1.82, 2.24) is 14.8 Å². The summed E-state index contributed by atoms with van der Waals surface area (Å²) in [4.78, 5) is 0. The van der Waals surface area contributed by atoms with Crippen LogP contribution in [0.3, 0.4) is 0 Å². The lowest BCUT2D eigenvalue weighted by atomic mass is 10.3. The number of nitriles is 2. The van der Waals surface area contributed by atoms with Gasteiger partial charge in [0.1, 0.15) is 0 Å². The van der Waals surface area contributed by atoms with Gasteiger partial charge < -0.3 is 0 Å². The van der Waals surface area contributed by atoms with Gasteiger partial charge in [-0.1, -0.05) is 0 Å². The van der Waals surface area contributed by atoms with Crippen molar-refractivity contribution in [3.8, 4) is 12.1 Å². The van der Waals surface area contributed by atoms with Gasteiger partial charge in [-0.3, -0.25) is 4.57 Å². The second-order valence-electron chi connectivity index (χ2n) is 4.78. The molecule has 6 nitrogen and oxygen atoms in total. The maximum Gasteiger partial charge on any atom is 0.282 e. The topological polar surface area (TPSA) is 91.9 Å². The molecule has 0 amide bonds. The average molecular weight is 285 g/mol. The summed E-state index contributed by atoms with van der Waals surface area (Å²) >= 11 is 0. The third kappa shape index (κ3) is 6.18. The van der Waals surface area contributed by atoms with Crippen molar-refractivity contribution in [1.29, 1.82) is 10.5 Å². The summed E-state index contributed by atoms with van der Waals surface area (Å²) in [5.74, 6) is 0. The van der Waals surface area contributed by atoms with Gasteiger partial charge in [-0.25, -0.2) is 14.8 Å². The van der Waals surface area contributed by atoms with Gasteiger partial charge in [0.2, 0.25) is 0 Å². The fourth-order valence-electron chi connectivity index (χ4n) is 1.99. The van der Waals surface area contributed by atoms with E-state index in [1.54, 1.807) is 0 Å². The SMILES string of the molecule is CC(C)N(C(C)C)P(=O)(NCCC#N)NCCC#N. The monoisotopic (exact) mass is 285 g/mol. The summed E-state index contributed by atoms with van der Waals surface area (Å²) in [6.45, 7) is 8.64. The Balaban J connectivity index is 4.95. The van der Waals surface area contributed by atoms with Crippen LogP contribution in [0.15, 0.2) is 0 Å². The Bertz CT molecular complexity index is 351. The fraction of sp³-hybridized carbons (Fsp3) is 0.833. The molecule has 0 heterocycles. The van der Waals surface area contributed by atoms with Crippen LogP contribution in [0.25, 0.3) is 0 Å². The normalized spacial score (nSPS) is 11.8. The van der Waals surface area contributed by atoms with Gasteiger partial charge in [-0.2, -0.15) is 10.5 Å². The van der Waals surface area contributed by atoms with E-state index in [1.165, 1.54) is 0 Å². The van der Waals surface area contributed by atoms with Crippen molar-refractivity contribution in [2.24, 2.45) is 0 Å². The third-order valence-corrected chi connectivity index (χ3v) is 5.39. The maximum absolute atomic E-state index is 13.0. The molecule has 0 aliphatic rings. The molecule has 0 radical (unpaired) electrons. The molecular formula is C12H24N5OP. The number of hydrogen-bond donors (Lipinski definition) is 2. The van der Waals surface area contributed by atoms with E-state index in [0.29, 0.717) is 25.9 Å². The van der Waals surface area contributed by atoms with Crippen LogP contribution in [0.2, 0.25) is 0 Å². The molecule has 0 bridgehead atoms. The van der Waals surface area contributed by atoms with Crippen molar-refractivity contribution in [3.63, 3.8) is 0 Å². The molecule has 0 aromatic rings. The van der Waals surface area contributed by atoms with Crippen LogP contribution in [-0.2, 0) is 4.57 Å². The van der Waals surface area contributed by atoms with Crippen LogP contribution in [0.4, 0.5) is 0 Å². The molecule has 0 atom stereocenters. The Morgan fingerprint density at radius 2 is 1.37 bits per heavy atom. The summed E-state index contributed by atoms with van der Waals surface area (Å²) in [7, 11) is -2.97. The second-order valence-corrected chi connectivity index (χ2v) is 7.02. The second kappa shape index (κ2) is 9.07. The summed E-state index contributed by atoms with van der Waals surface area (Å²) in [5, 5.41) is 23.1. The van der Waals surface area contributed by atoms with Crippen LogP contribution >= 0.6 is 7.59 Å². The van der Waals surface area contributed by atoms with Gasteiger partial charge in [-0.15, -0.1) is 0 Å². The van der Waals surface area contributed by atoms with Crippen molar-refractivity contribution >= 4 is 7.59 Å². The van der Waals surface area contributed by atoms with Crippen molar-refractivity contribution in [2.45, 2.75) is 52.6 Å². The van der Waals surface area contributed by atoms with Gasteiger partial charge >= 0.3 is 0 Å². The smallest absolute Gasteiger partial charge is 0.271 e. The first-order valence-corrected chi connectivity index (χ1v) is 8.18. The Hall–Kier alpha value is -0.910. The minimum atomic E-state index is -2.97. The summed E-state index contributed by atoms with van der Waals surface area (Å²) < 4.78 is 14.9. The highest BCUT2D eigenvalue weighted by Gasteiger charge is 2.33. The van der Waals surface area contributed by atoms with Crippen molar-refractivity contribution < 1.29 is 4.57 Å². The number of hydrogen-bond acceptors (Lipinski definition) is 3. The largest absolute Gasteiger partial charge is 0.282 e. The third-order valence-electron chi connectivity index (χ3n) is 2.51. The zero-order valence-electron chi connectivity index (χ0n) is 12.2. The lowest BCUT2D eigenvalue weighted by Gasteiger charge is -2.38. The highest BCUT2D eigenvalue weighted by Crippen LogP contribution is 2.44. The summed E-state index contributed by atoms with van der Waals surface area (Å²) in [6, 6.07) is 4.23. The van der Waals surface area contributed by atoms with Crippen molar-refractivity contribution in [2.75, 3.05) is 13.1 Å². The minimum Gasteiger partial charge on any atom is -0.271 e. The molecule has 0 aromatic carbocycles. The zero-order chi connectivity index (χ0) is 14.9. The molecule has 0 fully saturated rings. The predicted octanol–water partition coefficient (Wildman–Crippen LogP) is 2.22. The predicted molar refractivity (Wildman–Crippen MR) is 76.2 cm³/mol. The van der Waals surface area contributed by atoms with E-state index in [2.05, 4.69) is 10.2 Å². The van der Waals surface area contributed by atoms with Crippen LogP contribution in [0.1, 0.15) is 40.5 Å². The number of nitrogens with zero attached hydrogens (tertiary/aromatic N) is 3. The van der Waals surface area contributed by atoms with E-state index >= 15 is 0 Å². The van der Waals surface area contributed by atoms with Gasteiger partial charge in [0, 0.05) is 38.0 Å². The first-order valence-electron chi connectivity index (χ1n) is 6.52. The van der Waals surface area contributed by atoms with Crippen LogP contribution < -0.4 is 10.2 Å². The molecule has 19 heavy (non-hydrogen) atoms. The Morgan fingerprint density at radius 3 is 1.63 bits per heavy atom. The van der Waals surface area contributed by atoms with E-state index in [0.717, 1.165) is 0 Å². The van der Waals surface area contributed by atoms with Gasteiger partial charge in [-0.05, 0) is 27.7 Å². The fourth-order valence-corrected chi connectivity index (χ4v) is 4.56. The molecule has 0 rings (SSSR count). The minimum absolute atomic E-state index is 0.0926. The number of rotatable bonds is 9. The summed E-state index contributed by atoms with van der Waals surface area (Å²) in [5.41, 5.74) is 0. The van der Waals surface area contributed by atoms with Gasteiger partial charge in [0.05, 0.1) is 12.1 Å². The molecular weight excluding hydrogens is 261 g/mol. The highest BCUT2D eigenvalue weighted by molar-refractivity contribution is 7.57. The quantitative estimate of drug-likeness (QED) is 0.498. The molecule has 7 heteroatoms. The average Bonchev–Trinajstić information content (AvgIpc) is 2.28. The molecule has 2 N–H and O–H groups in total. The van der Waals surface area contributed by atoms with E-state index in [9.17, 15) is 4.57 Å². The van der Waals surface area contributed by atoms with Gasteiger partial charge in [0.25, 0.3) is 7.59 Å². The lowest BCUT2D eigenvalue weighted by molar-refractivity contribution is 0.289. The summed E-state index contributed by atoms with van der Waals surface area (Å²) in [6.07, 6.45) is 0.599. The number of nitrogens with one attached hydrogen (secondary N) is 2.